The molecule has 104 valence electrons. The highest BCUT2D eigenvalue weighted by atomic mass is 35.5. The van der Waals surface area contributed by atoms with Gasteiger partial charge in [-0.25, -0.2) is 0 Å². The van der Waals surface area contributed by atoms with E-state index in [1.165, 1.54) is 24.1 Å². The quantitative estimate of drug-likeness (QED) is 0.927. The number of rotatable bonds is 3. The van der Waals surface area contributed by atoms with Gasteiger partial charge in [-0.15, -0.1) is 11.3 Å². The summed E-state index contributed by atoms with van der Waals surface area (Å²) in [5, 5.41) is 9.45. The molecule has 1 saturated heterocycles. The van der Waals surface area contributed by atoms with E-state index in [4.69, 9.17) is 11.6 Å². The zero-order valence-corrected chi connectivity index (χ0v) is 12.3. The van der Waals surface area contributed by atoms with Gasteiger partial charge in [0.2, 0.25) is 0 Å². The van der Waals surface area contributed by atoms with Gasteiger partial charge in [0.05, 0.1) is 4.34 Å². The van der Waals surface area contributed by atoms with Gasteiger partial charge in [0.1, 0.15) is 6.04 Å². The summed E-state index contributed by atoms with van der Waals surface area (Å²) in [4.78, 5) is 14.9. The van der Waals surface area contributed by atoms with Crippen LogP contribution in [0.25, 0.3) is 0 Å². The van der Waals surface area contributed by atoms with Crippen molar-refractivity contribution in [2.24, 2.45) is 5.92 Å². The number of hydrogen-bond donors (Lipinski definition) is 1. The van der Waals surface area contributed by atoms with Gasteiger partial charge in [0.15, 0.2) is 0 Å². The monoisotopic (exact) mass is 299 g/mol. The number of thiophene rings is 1. The fourth-order valence-corrected chi connectivity index (χ4v) is 4.74. The molecule has 1 saturated carbocycles. The smallest absolute Gasteiger partial charge is 0.320 e. The highest BCUT2D eigenvalue weighted by molar-refractivity contribution is 7.16. The van der Waals surface area contributed by atoms with Gasteiger partial charge in [-0.1, -0.05) is 24.4 Å². The van der Waals surface area contributed by atoms with Crippen molar-refractivity contribution in [3.8, 4) is 0 Å². The summed E-state index contributed by atoms with van der Waals surface area (Å²) in [6.45, 7) is 0.732. The standard InChI is InChI=1S/C14H18ClNO2S/c15-13-6-5-10(19-13)8-16-11-4-2-1-3-9(11)7-12(16)14(17)18/h5-6,9,11-12H,1-4,7-8H2,(H,17,18). The second-order valence-electron chi connectivity index (χ2n) is 5.58. The lowest BCUT2D eigenvalue weighted by Gasteiger charge is -2.32. The molecule has 3 rings (SSSR count). The van der Waals surface area contributed by atoms with Gasteiger partial charge < -0.3 is 5.11 Å². The summed E-state index contributed by atoms with van der Waals surface area (Å²) in [5.41, 5.74) is 0. The molecule has 0 aromatic carbocycles. The van der Waals surface area contributed by atoms with Gasteiger partial charge >= 0.3 is 5.97 Å². The second-order valence-corrected chi connectivity index (χ2v) is 7.38. The Hall–Kier alpha value is -0.580. The summed E-state index contributed by atoms with van der Waals surface area (Å²) in [6.07, 6.45) is 5.64. The Morgan fingerprint density at radius 3 is 2.89 bits per heavy atom. The molecule has 2 aliphatic rings. The van der Waals surface area contributed by atoms with Crippen molar-refractivity contribution in [3.63, 3.8) is 0 Å². The van der Waals surface area contributed by atoms with E-state index in [0.717, 1.165) is 23.7 Å². The first-order valence-corrected chi connectivity index (χ1v) is 8.07. The number of carboxylic acids is 1. The SMILES string of the molecule is O=C(O)C1CC2CCCCC2N1Cc1ccc(Cl)s1. The second kappa shape index (κ2) is 5.43. The molecule has 3 nitrogen and oxygen atoms in total. The van der Waals surface area contributed by atoms with Crippen LogP contribution >= 0.6 is 22.9 Å². The Bertz CT molecular complexity index is 476. The summed E-state index contributed by atoms with van der Waals surface area (Å²) in [6, 6.07) is 4.05. The molecule has 0 amide bonds. The van der Waals surface area contributed by atoms with Crippen LogP contribution in [-0.4, -0.2) is 28.1 Å². The molecule has 2 fully saturated rings. The van der Waals surface area contributed by atoms with Gasteiger partial charge in [0, 0.05) is 17.5 Å². The zero-order valence-electron chi connectivity index (χ0n) is 10.7. The van der Waals surface area contributed by atoms with Crippen molar-refractivity contribution in [2.75, 3.05) is 0 Å². The molecular formula is C14H18ClNO2S. The average Bonchev–Trinajstić information content (AvgIpc) is 2.95. The largest absolute Gasteiger partial charge is 0.480 e. The lowest BCUT2D eigenvalue weighted by atomic mass is 9.85. The fraction of sp³-hybridized carbons (Fsp3) is 0.643. The number of carboxylic acid groups (broad SMARTS) is 1. The van der Waals surface area contributed by atoms with Crippen LogP contribution in [0.1, 0.15) is 37.0 Å². The van der Waals surface area contributed by atoms with E-state index in [1.54, 1.807) is 11.3 Å². The third kappa shape index (κ3) is 2.67. The van der Waals surface area contributed by atoms with Gasteiger partial charge in [-0.2, -0.15) is 0 Å². The molecule has 0 bridgehead atoms. The van der Waals surface area contributed by atoms with E-state index < -0.39 is 5.97 Å². The number of halogens is 1. The van der Waals surface area contributed by atoms with E-state index in [2.05, 4.69) is 4.90 Å². The van der Waals surface area contributed by atoms with E-state index in [0.29, 0.717) is 12.0 Å². The molecule has 0 radical (unpaired) electrons. The predicted molar refractivity (Wildman–Crippen MR) is 76.7 cm³/mol. The molecule has 1 N–H and O–H groups in total. The first-order chi connectivity index (χ1) is 9.15. The lowest BCUT2D eigenvalue weighted by Crippen LogP contribution is -2.41. The molecule has 1 aromatic heterocycles. The fourth-order valence-electron chi connectivity index (χ4n) is 3.64. The third-order valence-corrected chi connectivity index (χ3v) is 5.69. The van der Waals surface area contributed by atoms with Crippen molar-refractivity contribution < 1.29 is 9.90 Å². The molecule has 1 aromatic rings. The molecule has 3 atom stereocenters. The third-order valence-electron chi connectivity index (χ3n) is 4.47. The topological polar surface area (TPSA) is 40.5 Å². The minimum absolute atomic E-state index is 0.311. The number of carbonyl (C=O) groups is 1. The number of aliphatic carboxylic acids is 1. The Morgan fingerprint density at radius 1 is 1.42 bits per heavy atom. The maximum atomic E-state index is 11.5. The first-order valence-electron chi connectivity index (χ1n) is 6.88. The molecule has 19 heavy (non-hydrogen) atoms. The molecule has 0 spiro atoms. The van der Waals surface area contributed by atoms with Crippen molar-refractivity contribution in [2.45, 2.75) is 50.7 Å². The van der Waals surface area contributed by atoms with Crippen LogP contribution in [0, 0.1) is 5.92 Å². The van der Waals surface area contributed by atoms with Crippen LogP contribution in [0.2, 0.25) is 4.34 Å². The maximum absolute atomic E-state index is 11.5. The lowest BCUT2D eigenvalue weighted by molar-refractivity contribution is -0.142. The minimum atomic E-state index is -0.669. The summed E-state index contributed by atoms with van der Waals surface area (Å²) < 4.78 is 0.779. The van der Waals surface area contributed by atoms with E-state index >= 15 is 0 Å². The number of hydrogen-bond acceptors (Lipinski definition) is 3. The van der Waals surface area contributed by atoms with E-state index in [9.17, 15) is 9.90 Å². The molecule has 3 unspecified atom stereocenters. The van der Waals surface area contributed by atoms with Crippen LogP contribution < -0.4 is 0 Å². The number of fused-ring (bicyclic) bond motifs is 1. The Balaban J connectivity index is 1.80. The number of likely N-dealkylation sites (tertiary alicyclic amines) is 1. The van der Waals surface area contributed by atoms with Gasteiger partial charge in [0.25, 0.3) is 0 Å². The Morgan fingerprint density at radius 2 is 2.21 bits per heavy atom. The highest BCUT2D eigenvalue weighted by Crippen LogP contribution is 2.41. The van der Waals surface area contributed by atoms with Crippen LogP contribution in [-0.2, 0) is 11.3 Å². The Kier molecular flexibility index (Phi) is 3.83. The van der Waals surface area contributed by atoms with Crippen molar-refractivity contribution in [1.29, 1.82) is 0 Å². The van der Waals surface area contributed by atoms with Crippen LogP contribution in [0.4, 0.5) is 0 Å². The summed E-state index contributed by atoms with van der Waals surface area (Å²) in [7, 11) is 0. The van der Waals surface area contributed by atoms with E-state index in [-0.39, 0.29) is 6.04 Å². The van der Waals surface area contributed by atoms with E-state index in [1.807, 2.05) is 12.1 Å². The highest BCUT2D eigenvalue weighted by Gasteiger charge is 2.45. The minimum Gasteiger partial charge on any atom is -0.480 e. The van der Waals surface area contributed by atoms with Gasteiger partial charge in [-0.3, -0.25) is 9.69 Å². The zero-order chi connectivity index (χ0) is 13.4. The number of nitrogens with zero attached hydrogens (tertiary/aromatic N) is 1. The summed E-state index contributed by atoms with van der Waals surface area (Å²) in [5.74, 6) is -0.0951. The summed E-state index contributed by atoms with van der Waals surface area (Å²) >= 11 is 7.52. The maximum Gasteiger partial charge on any atom is 0.320 e. The van der Waals surface area contributed by atoms with Crippen LogP contribution in [0.3, 0.4) is 0 Å². The van der Waals surface area contributed by atoms with Crippen molar-refractivity contribution in [3.05, 3.63) is 21.3 Å². The molecule has 5 heteroatoms. The van der Waals surface area contributed by atoms with Gasteiger partial charge in [-0.05, 0) is 37.3 Å². The van der Waals surface area contributed by atoms with Crippen molar-refractivity contribution >= 4 is 28.9 Å². The average molecular weight is 300 g/mol. The molecule has 1 aliphatic carbocycles. The van der Waals surface area contributed by atoms with Crippen molar-refractivity contribution in [1.82, 2.24) is 4.90 Å². The van der Waals surface area contributed by atoms with Crippen LogP contribution in [0.5, 0.6) is 0 Å². The first kappa shape index (κ1) is 13.4. The Labute approximate surface area is 122 Å². The predicted octanol–water partition coefficient (Wildman–Crippen LogP) is 3.62. The molecule has 2 heterocycles. The molecular weight excluding hydrogens is 282 g/mol. The molecule has 1 aliphatic heterocycles. The van der Waals surface area contributed by atoms with Crippen LogP contribution in [0.15, 0.2) is 12.1 Å². The normalized spacial score (nSPS) is 31.3.